The van der Waals surface area contributed by atoms with Gasteiger partial charge in [0, 0.05) is 18.9 Å². The van der Waals surface area contributed by atoms with E-state index >= 15 is 0 Å². The SMILES string of the molecule is CC(N)C(=O)NC1CCc2ccccc2N(Cc2cncn2C)C1=O. The third kappa shape index (κ3) is 3.56. The third-order valence-electron chi connectivity index (χ3n) is 4.52. The van der Waals surface area contributed by atoms with Crippen molar-refractivity contribution in [3.63, 3.8) is 0 Å². The second-order valence-electron chi connectivity index (χ2n) is 6.44. The molecule has 132 valence electrons. The zero-order valence-corrected chi connectivity index (χ0v) is 14.5. The van der Waals surface area contributed by atoms with Crippen LogP contribution in [0.25, 0.3) is 0 Å². The molecule has 0 bridgehead atoms. The highest BCUT2D eigenvalue weighted by atomic mass is 16.2. The molecule has 2 unspecified atom stereocenters. The van der Waals surface area contributed by atoms with Crippen molar-refractivity contribution >= 4 is 17.5 Å². The van der Waals surface area contributed by atoms with Crippen LogP contribution in [0.2, 0.25) is 0 Å². The largest absolute Gasteiger partial charge is 0.343 e. The number of imidazole rings is 1. The van der Waals surface area contributed by atoms with E-state index in [1.54, 1.807) is 24.3 Å². The number of carbonyl (C=O) groups excluding carboxylic acids is 2. The fourth-order valence-corrected chi connectivity index (χ4v) is 3.01. The number of benzene rings is 1. The average Bonchev–Trinajstić information content (AvgIpc) is 2.95. The van der Waals surface area contributed by atoms with Crippen LogP contribution in [0.1, 0.15) is 24.6 Å². The van der Waals surface area contributed by atoms with Gasteiger partial charge in [-0.25, -0.2) is 4.98 Å². The van der Waals surface area contributed by atoms with E-state index in [0.717, 1.165) is 16.9 Å². The van der Waals surface area contributed by atoms with Crippen LogP contribution in [0, 0.1) is 0 Å². The van der Waals surface area contributed by atoms with Crippen molar-refractivity contribution in [2.75, 3.05) is 4.90 Å². The van der Waals surface area contributed by atoms with Crippen LogP contribution in [0.4, 0.5) is 5.69 Å². The van der Waals surface area contributed by atoms with Crippen molar-refractivity contribution in [3.8, 4) is 0 Å². The van der Waals surface area contributed by atoms with E-state index in [1.165, 1.54) is 0 Å². The van der Waals surface area contributed by atoms with E-state index in [9.17, 15) is 9.59 Å². The molecule has 25 heavy (non-hydrogen) atoms. The molecule has 3 rings (SSSR count). The van der Waals surface area contributed by atoms with Gasteiger partial charge in [-0.05, 0) is 31.4 Å². The van der Waals surface area contributed by atoms with Gasteiger partial charge in [-0.1, -0.05) is 18.2 Å². The maximum atomic E-state index is 13.1. The Balaban J connectivity index is 1.93. The minimum atomic E-state index is -0.649. The van der Waals surface area contributed by atoms with Gasteiger partial charge in [0.1, 0.15) is 6.04 Å². The maximum Gasteiger partial charge on any atom is 0.249 e. The van der Waals surface area contributed by atoms with Gasteiger partial charge < -0.3 is 20.5 Å². The lowest BCUT2D eigenvalue weighted by Gasteiger charge is -2.26. The zero-order valence-electron chi connectivity index (χ0n) is 14.5. The van der Waals surface area contributed by atoms with Gasteiger partial charge in [0.15, 0.2) is 0 Å². The van der Waals surface area contributed by atoms with Gasteiger partial charge in [0.05, 0.1) is 24.6 Å². The van der Waals surface area contributed by atoms with E-state index in [1.807, 2.05) is 35.9 Å². The maximum absolute atomic E-state index is 13.1. The molecular weight excluding hydrogens is 318 g/mol. The minimum absolute atomic E-state index is 0.125. The van der Waals surface area contributed by atoms with Crippen molar-refractivity contribution in [1.82, 2.24) is 14.9 Å². The lowest BCUT2D eigenvalue weighted by Crippen LogP contribution is -2.51. The monoisotopic (exact) mass is 341 g/mol. The molecule has 7 nitrogen and oxygen atoms in total. The molecule has 0 spiro atoms. The summed E-state index contributed by atoms with van der Waals surface area (Å²) in [5.41, 5.74) is 8.53. The number of amides is 2. The number of carbonyl (C=O) groups is 2. The smallest absolute Gasteiger partial charge is 0.249 e. The summed E-state index contributed by atoms with van der Waals surface area (Å²) in [7, 11) is 1.89. The molecule has 0 fully saturated rings. The van der Waals surface area contributed by atoms with Crippen LogP contribution < -0.4 is 16.0 Å². The Morgan fingerprint density at radius 3 is 2.88 bits per heavy atom. The number of aryl methyl sites for hydroxylation is 2. The first-order valence-corrected chi connectivity index (χ1v) is 8.38. The van der Waals surface area contributed by atoms with Gasteiger partial charge in [0.2, 0.25) is 11.8 Å². The van der Waals surface area contributed by atoms with Crippen molar-refractivity contribution < 1.29 is 9.59 Å². The molecule has 1 aromatic heterocycles. The predicted molar refractivity (Wildman–Crippen MR) is 94.7 cm³/mol. The lowest BCUT2D eigenvalue weighted by atomic mass is 10.1. The first-order chi connectivity index (χ1) is 12.0. The molecule has 2 atom stereocenters. The molecular formula is C18H23N5O2. The second kappa shape index (κ2) is 7.06. The number of fused-ring (bicyclic) bond motifs is 1. The van der Waals surface area contributed by atoms with Crippen LogP contribution in [-0.2, 0) is 29.6 Å². The van der Waals surface area contributed by atoms with Crippen LogP contribution in [0.5, 0.6) is 0 Å². The summed E-state index contributed by atoms with van der Waals surface area (Å²) in [6, 6.07) is 6.62. The van der Waals surface area contributed by atoms with Crippen molar-refractivity contribution in [3.05, 3.63) is 48.0 Å². The molecule has 2 aromatic rings. The summed E-state index contributed by atoms with van der Waals surface area (Å²) >= 11 is 0. The number of aromatic nitrogens is 2. The van der Waals surface area contributed by atoms with Crippen LogP contribution in [-0.4, -0.2) is 33.4 Å². The summed E-state index contributed by atoms with van der Waals surface area (Å²) in [6.45, 7) is 2.01. The number of nitrogens with zero attached hydrogens (tertiary/aromatic N) is 3. The second-order valence-corrected chi connectivity index (χ2v) is 6.44. The predicted octanol–water partition coefficient (Wildman–Crippen LogP) is 0.731. The Morgan fingerprint density at radius 2 is 2.20 bits per heavy atom. The minimum Gasteiger partial charge on any atom is -0.343 e. The summed E-state index contributed by atoms with van der Waals surface area (Å²) in [5.74, 6) is -0.440. The summed E-state index contributed by atoms with van der Waals surface area (Å²) in [6.07, 6.45) is 4.72. The first-order valence-electron chi connectivity index (χ1n) is 8.38. The Labute approximate surface area is 146 Å². The number of hydrogen-bond acceptors (Lipinski definition) is 4. The fraction of sp³-hybridized carbons (Fsp3) is 0.389. The van der Waals surface area contributed by atoms with Gasteiger partial charge in [-0.15, -0.1) is 0 Å². The van der Waals surface area contributed by atoms with E-state index in [2.05, 4.69) is 10.3 Å². The summed E-state index contributed by atoms with van der Waals surface area (Å²) < 4.78 is 1.89. The molecule has 1 aromatic carbocycles. The molecule has 0 saturated heterocycles. The molecule has 7 heteroatoms. The van der Waals surface area contributed by atoms with E-state index in [0.29, 0.717) is 19.4 Å². The molecule has 1 aliphatic heterocycles. The lowest BCUT2D eigenvalue weighted by molar-refractivity contribution is -0.128. The quantitative estimate of drug-likeness (QED) is 0.857. The van der Waals surface area contributed by atoms with Gasteiger partial charge in [-0.3, -0.25) is 9.59 Å². The zero-order chi connectivity index (χ0) is 18.0. The Morgan fingerprint density at radius 1 is 1.44 bits per heavy atom. The van der Waals surface area contributed by atoms with Gasteiger partial charge in [0.25, 0.3) is 0 Å². The molecule has 0 aliphatic carbocycles. The Kier molecular flexibility index (Phi) is 4.85. The van der Waals surface area contributed by atoms with E-state index in [-0.39, 0.29) is 11.8 Å². The number of hydrogen-bond donors (Lipinski definition) is 2. The van der Waals surface area contributed by atoms with E-state index in [4.69, 9.17) is 5.73 Å². The molecule has 3 N–H and O–H groups in total. The average molecular weight is 341 g/mol. The highest BCUT2D eigenvalue weighted by molar-refractivity contribution is 6.00. The van der Waals surface area contributed by atoms with Gasteiger partial charge >= 0.3 is 0 Å². The van der Waals surface area contributed by atoms with Crippen LogP contribution in [0.3, 0.4) is 0 Å². The number of para-hydroxylation sites is 1. The Bertz CT molecular complexity index is 783. The van der Waals surface area contributed by atoms with Crippen LogP contribution in [0.15, 0.2) is 36.8 Å². The third-order valence-corrected chi connectivity index (χ3v) is 4.52. The number of nitrogens with two attached hydrogens (primary N) is 1. The number of anilines is 1. The topological polar surface area (TPSA) is 93.2 Å². The number of nitrogens with one attached hydrogen (secondary N) is 1. The van der Waals surface area contributed by atoms with Crippen molar-refractivity contribution in [1.29, 1.82) is 0 Å². The van der Waals surface area contributed by atoms with Crippen molar-refractivity contribution in [2.24, 2.45) is 12.8 Å². The van der Waals surface area contributed by atoms with Crippen LogP contribution >= 0.6 is 0 Å². The molecule has 2 heterocycles. The normalized spacial score (nSPS) is 18.4. The fourth-order valence-electron chi connectivity index (χ4n) is 3.01. The molecule has 1 aliphatic rings. The standard InChI is InChI=1S/C18H23N5O2/c1-12(19)17(24)21-15-8-7-13-5-3-4-6-16(13)23(18(15)25)10-14-9-20-11-22(14)2/h3-6,9,11-12,15H,7-8,10,19H2,1-2H3,(H,21,24). The summed E-state index contributed by atoms with van der Waals surface area (Å²) in [5, 5.41) is 2.79. The first kappa shape index (κ1) is 17.2. The van der Waals surface area contributed by atoms with Gasteiger partial charge in [-0.2, -0.15) is 0 Å². The van der Waals surface area contributed by atoms with E-state index < -0.39 is 12.1 Å². The van der Waals surface area contributed by atoms with Crippen molar-refractivity contribution in [2.45, 2.75) is 38.4 Å². The highest BCUT2D eigenvalue weighted by Gasteiger charge is 2.32. The molecule has 0 radical (unpaired) electrons. The molecule has 0 saturated carbocycles. The molecule has 2 amide bonds. The summed E-state index contributed by atoms with van der Waals surface area (Å²) in [4.78, 5) is 31.0. The Hall–Kier alpha value is -2.67. The number of rotatable bonds is 4. The highest BCUT2D eigenvalue weighted by Crippen LogP contribution is 2.28.